The molecule has 98 valence electrons. The lowest BCUT2D eigenvalue weighted by molar-refractivity contribution is -0.114. The number of benzene rings is 1. The first-order valence-corrected chi connectivity index (χ1v) is 6.38. The Labute approximate surface area is 108 Å². The molecule has 0 saturated carbocycles. The van der Waals surface area contributed by atoms with E-state index in [2.05, 4.69) is 28.6 Å². The first kappa shape index (κ1) is 12.9. The van der Waals surface area contributed by atoms with Gasteiger partial charge in [0.1, 0.15) is 0 Å². The number of likely N-dealkylation sites (tertiary alicyclic amines) is 1. The fourth-order valence-corrected chi connectivity index (χ4v) is 2.32. The minimum atomic E-state index is -0.0316. The summed E-state index contributed by atoms with van der Waals surface area (Å²) in [5, 5.41) is 6.38. The van der Waals surface area contributed by atoms with Crippen molar-refractivity contribution in [1.82, 2.24) is 4.90 Å². The summed E-state index contributed by atoms with van der Waals surface area (Å²) in [6.07, 6.45) is 1.17. The second-order valence-corrected chi connectivity index (χ2v) is 5.10. The average molecular weight is 247 g/mol. The van der Waals surface area contributed by atoms with E-state index >= 15 is 0 Å². The number of rotatable bonds is 3. The molecule has 1 aliphatic heterocycles. The molecule has 1 unspecified atom stereocenters. The van der Waals surface area contributed by atoms with Gasteiger partial charge >= 0.3 is 0 Å². The third kappa shape index (κ3) is 3.23. The lowest BCUT2D eigenvalue weighted by Gasteiger charge is -2.16. The predicted octanol–water partition coefficient (Wildman–Crippen LogP) is 2.07. The molecule has 0 aliphatic carbocycles. The van der Waals surface area contributed by atoms with Crippen molar-refractivity contribution in [3.63, 3.8) is 0 Å². The number of hydrogen-bond acceptors (Lipinski definition) is 3. The Balaban J connectivity index is 2.07. The molecule has 1 saturated heterocycles. The van der Waals surface area contributed by atoms with Gasteiger partial charge in [0, 0.05) is 30.9 Å². The second-order valence-electron chi connectivity index (χ2n) is 5.10. The smallest absolute Gasteiger partial charge is 0.221 e. The quantitative estimate of drug-likeness (QED) is 0.859. The van der Waals surface area contributed by atoms with Crippen LogP contribution >= 0.6 is 0 Å². The Morgan fingerprint density at radius 1 is 1.44 bits per heavy atom. The highest BCUT2D eigenvalue weighted by Gasteiger charge is 2.19. The van der Waals surface area contributed by atoms with Gasteiger partial charge in [-0.1, -0.05) is 6.07 Å². The lowest BCUT2D eigenvalue weighted by atomic mass is 10.1. The van der Waals surface area contributed by atoms with Crippen LogP contribution in [0.25, 0.3) is 0 Å². The van der Waals surface area contributed by atoms with E-state index in [1.165, 1.54) is 13.3 Å². The molecule has 1 aromatic rings. The molecule has 0 spiro atoms. The van der Waals surface area contributed by atoms with Gasteiger partial charge in [-0.05, 0) is 44.6 Å². The van der Waals surface area contributed by atoms with Crippen LogP contribution in [0.4, 0.5) is 11.4 Å². The first-order valence-electron chi connectivity index (χ1n) is 6.38. The highest BCUT2D eigenvalue weighted by molar-refractivity contribution is 5.90. The fraction of sp³-hybridized carbons (Fsp3) is 0.500. The Hall–Kier alpha value is -1.55. The van der Waals surface area contributed by atoms with E-state index in [1.54, 1.807) is 0 Å². The standard InChI is InChI=1S/C14H21N3O/c1-10-4-5-12(8-14(10)15-11(2)18)16-13-6-7-17(3)9-13/h4-5,8,13,16H,6-7,9H2,1-3H3,(H,15,18). The van der Waals surface area contributed by atoms with Gasteiger partial charge in [-0.3, -0.25) is 4.79 Å². The molecule has 4 nitrogen and oxygen atoms in total. The Kier molecular flexibility index (Phi) is 3.87. The van der Waals surface area contributed by atoms with Crippen LogP contribution in [0.5, 0.6) is 0 Å². The maximum absolute atomic E-state index is 11.1. The van der Waals surface area contributed by atoms with Crippen molar-refractivity contribution in [1.29, 1.82) is 0 Å². The Morgan fingerprint density at radius 3 is 2.83 bits per heavy atom. The van der Waals surface area contributed by atoms with Crippen molar-refractivity contribution in [2.24, 2.45) is 0 Å². The number of likely N-dealkylation sites (N-methyl/N-ethyl adjacent to an activating group) is 1. The molecule has 2 N–H and O–H groups in total. The zero-order chi connectivity index (χ0) is 13.1. The lowest BCUT2D eigenvalue weighted by Crippen LogP contribution is -2.23. The van der Waals surface area contributed by atoms with Crippen LogP contribution in [0, 0.1) is 6.92 Å². The number of carbonyl (C=O) groups excluding carboxylic acids is 1. The maximum Gasteiger partial charge on any atom is 0.221 e. The summed E-state index contributed by atoms with van der Waals surface area (Å²) in [6.45, 7) is 5.75. The van der Waals surface area contributed by atoms with E-state index in [9.17, 15) is 4.79 Å². The third-order valence-corrected chi connectivity index (χ3v) is 3.31. The minimum Gasteiger partial charge on any atom is -0.381 e. The predicted molar refractivity (Wildman–Crippen MR) is 75.0 cm³/mol. The van der Waals surface area contributed by atoms with Crippen LogP contribution in [-0.4, -0.2) is 37.0 Å². The topological polar surface area (TPSA) is 44.4 Å². The zero-order valence-corrected chi connectivity index (χ0v) is 11.3. The summed E-state index contributed by atoms with van der Waals surface area (Å²) in [4.78, 5) is 13.4. The van der Waals surface area contributed by atoms with E-state index in [1.807, 2.05) is 19.1 Å². The first-order chi connectivity index (χ1) is 8.54. The molecule has 18 heavy (non-hydrogen) atoms. The highest BCUT2D eigenvalue weighted by Crippen LogP contribution is 2.22. The molecule has 1 heterocycles. The van der Waals surface area contributed by atoms with E-state index in [0.29, 0.717) is 6.04 Å². The third-order valence-electron chi connectivity index (χ3n) is 3.31. The normalized spacial score (nSPS) is 19.8. The van der Waals surface area contributed by atoms with Gasteiger partial charge in [0.15, 0.2) is 0 Å². The summed E-state index contributed by atoms with van der Waals surface area (Å²) in [5.41, 5.74) is 3.04. The van der Waals surface area contributed by atoms with Gasteiger partial charge in [-0.2, -0.15) is 0 Å². The van der Waals surface area contributed by atoms with Gasteiger partial charge in [0.05, 0.1) is 0 Å². The molecule has 1 atom stereocenters. The van der Waals surface area contributed by atoms with Crippen molar-refractivity contribution in [2.45, 2.75) is 26.3 Å². The Morgan fingerprint density at radius 2 is 2.22 bits per heavy atom. The van der Waals surface area contributed by atoms with Gasteiger partial charge in [0.2, 0.25) is 5.91 Å². The number of nitrogens with zero attached hydrogens (tertiary/aromatic N) is 1. The van der Waals surface area contributed by atoms with E-state index in [0.717, 1.165) is 30.0 Å². The van der Waals surface area contributed by atoms with Gasteiger partial charge in [0.25, 0.3) is 0 Å². The van der Waals surface area contributed by atoms with E-state index in [-0.39, 0.29) is 5.91 Å². The SMILES string of the molecule is CC(=O)Nc1cc(NC2CCN(C)C2)ccc1C. The summed E-state index contributed by atoms with van der Waals surface area (Å²) in [6, 6.07) is 6.61. The number of anilines is 2. The summed E-state index contributed by atoms with van der Waals surface area (Å²) < 4.78 is 0. The van der Waals surface area contributed by atoms with Crippen molar-refractivity contribution in [3.05, 3.63) is 23.8 Å². The largest absolute Gasteiger partial charge is 0.381 e. The molecule has 0 aromatic heterocycles. The maximum atomic E-state index is 11.1. The average Bonchev–Trinajstić information content (AvgIpc) is 2.68. The molecule has 0 bridgehead atoms. The van der Waals surface area contributed by atoms with Crippen LogP contribution < -0.4 is 10.6 Å². The van der Waals surface area contributed by atoms with Crippen LogP contribution in [0.2, 0.25) is 0 Å². The van der Waals surface area contributed by atoms with Crippen LogP contribution in [0.3, 0.4) is 0 Å². The van der Waals surface area contributed by atoms with Crippen molar-refractivity contribution in [2.75, 3.05) is 30.8 Å². The molecule has 2 rings (SSSR count). The summed E-state index contributed by atoms with van der Waals surface area (Å²) in [7, 11) is 2.14. The van der Waals surface area contributed by atoms with Gasteiger partial charge in [-0.25, -0.2) is 0 Å². The van der Waals surface area contributed by atoms with Crippen molar-refractivity contribution < 1.29 is 4.79 Å². The molecular formula is C14H21N3O. The number of amides is 1. The number of carbonyl (C=O) groups is 1. The highest BCUT2D eigenvalue weighted by atomic mass is 16.1. The van der Waals surface area contributed by atoms with Gasteiger partial charge in [-0.15, -0.1) is 0 Å². The zero-order valence-electron chi connectivity index (χ0n) is 11.3. The molecule has 1 aromatic carbocycles. The van der Waals surface area contributed by atoms with E-state index < -0.39 is 0 Å². The summed E-state index contributed by atoms with van der Waals surface area (Å²) in [5.74, 6) is -0.0316. The molecule has 1 fully saturated rings. The van der Waals surface area contributed by atoms with Crippen LogP contribution in [0.15, 0.2) is 18.2 Å². The molecule has 0 radical (unpaired) electrons. The molecule has 1 aliphatic rings. The number of aryl methyl sites for hydroxylation is 1. The Bertz CT molecular complexity index is 445. The fourth-order valence-electron chi connectivity index (χ4n) is 2.32. The number of hydrogen-bond donors (Lipinski definition) is 2. The monoisotopic (exact) mass is 247 g/mol. The number of nitrogens with one attached hydrogen (secondary N) is 2. The van der Waals surface area contributed by atoms with E-state index in [4.69, 9.17) is 0 Å². The molecule has 1 amide bonds. The van der Waals surface area contributed by atoms with Crippen LogP contribution in [0.1, 0.15) is 18.9 Å². The summed E-state index contributed by atoms with van der Waals surface area (Å²) >= 11 is 0. The van der Waals surface area contributed by atoms with Crippen LogP contribution in [-0.2, 0) is 4.79 Å². The second kappa shape index (κ2) is 5.40. The van der Waals surface area contributed by atoms with Crippen molar-refractivity contribution in [3.8, 4) is 0 Å². The van der Waals surface area contributed by atoms with Gasteiger partial charge < -0.3 is 15.5 Å². The molecule has 4 heteroatoms. The minimum absolute atomic E-state index is 0.0316. The molecular weight excluding hydrogens is 226 g/mol. The van der Waals surface area contributed by atoms with Crippen molar-refractivity contribution >= 4 is 17.3 Å².